The van der Waals surface area contributed by atoms with Gasteiger partial charge in [-0.2, -0.15) is 0 Å². The zero-order chi connectivity index (χ0) is 14.9. The molecule has 2 aliphatic heterocycles. The summed E-state index contributed by atoms with van der Waals surface area (Å²) in [7, 11) is 0. The molecule has 3 atom stereocenters. The quantitative estimate of drug-likeness (QED) is 0.868. The third kappa shape index (κ3) is 3.30. The Morgan fingerprint density at radius 3 is 2.29 bits per heavy atom. The van der Waals surface area contributed by atoms with Gasteiger partial charge in [0, 0.05) is 31.2 Å². The molecule has 3 heteroatoms. The lowest BCUT2D eigenvalue weighted by molar-refractivity contribution is 0.0297. The van der Waals surface area contributed by atoms with Gasteiger partial charge in [-0.05, 0) is 63.5 Å². The van der Waals surface area contributed by atoms with E-state index in [1.165, 1.54) is 71.1 Å². The van der Waals surface area contributed by atoms with Gasteiger partial charge in [-0.1, -0.05) is 20.3 Å². The zero-order valence-electron chi connectivity index (χ0n) is 14.2. The van der Waals surface area contributed by atoms with Crippen LogP contribution in [0.5, 0.6) is 0 Å². The lowest BCUT2D eigenvalue weighted by Crippen LogP contribution is -2.57. The van der Waals surface area contributed by atoms with Crippen LogP contribution in [0.25, 0.3) is 0 Å². The van der Waals surface area contributed by atoms with Crippen molar-refractivity contribution in [1.29, 1.82) is 0 Å². The fourth-order valence-electron chi connectivity index (χ4n) is 5.54. The average Bonchev–Trinajstić information content (AvgIpc) is 2.97. The molecule has 0 amide bonds. The van der Waals surface area contributed by atoms with Crippen molar-refractivity contribution in [2.75, 3.05) is 32.7 Å². The van der Waals surface area contributed by atoms with Gasteiger partial charge in [0.1, 0.15) is 0 Å². The fourth-order valence-corrected chi connectivity index (χ4v) is 5.54. The van der Waals surface area contributed by atoms with E-state index in [2.05, 4.69) is 23.6 Å². The van der Waals surface area contributed by atoms with Crippen molar-refractivity contribution >= 4 is 0 Å². The molecule has 1 aliphatic carbocycles. The molecule has 3 fully saturated rings. The summed E-state index contributed by atoms with van der Waals surface area (Å²) in [5, 5.41) is 0. The van der Waals surface area contributed by atoms with Gasteiger partial charge in [0.2, 0.25) is 0 Å². The van der Waals surface area contributed by atoms with Gasteiger partial charge in [0.05, 0.1) is 0 Å². The Hall–Kier alpha value is -0.120. The summed E-state index contributed by atoms with van der Waals surface area (Å²) in [6.07, 6.45) is 9.66. The van der Waals surface area contributed by atoms with Gasteiger partial charge in [-0.25, -0.2) is 0 Å². The number of rotatable bonds is 3. The molecule has 122 valence electrons. The fraction of sp³-hybridized carbons (Fsp3) is 1.00. The first-order chi connectivity index (χ1) is 10.1. The summed E-state index contributed by atoms with van der Waals surface area (Å²) >= 11 is 0. The Morgan fingerprint density at radius 1 is 1.00 bits per heavy atom. The summed E-state index contributed by atoms with van der Waals surface area (Å²) < 4.78 is 0. The predicted octanol–water partition coefficient (Wildman–Crippen LogP) is 2.70. The maximum atomic E-state index is 6.31. The second kappa shape index (κ2) is 6.55. The predicted molar refractivity (Wildman–Crippen MR) is 89.4 cm³/mol. The van der Waals surface area contributed by atoms with E-state index in [4.69, 9.17) is 5.73 Å². The van der Waals surface area contributed by atoms with Gasteiger partial charge in [0.15, 0.2) is 0 Å². The first-order valence-electron chi connectivity index (χ1n) is 9.32. The second-order valence-corrected chi connectivity index (χ2v) is 8.27. The van der Waals surface area contributed by atoms with Gasteiger partial charge in [-0.15, -0.1) is 0 Å². The first-order valence-corrected chi connectivity index (χ1v) is 9.32. The third-order valence-corrected chi connectivity index (χ3v) is 6.38. The Kier molecular flexibility index (Phi) is 4.92. The summed E-state index contributed by atoms with van der Waals surface area (Å²) in [6.45, 7) is 10.9. The van der Waals surface area contributed by atoms with Crippen LogP contribution in [0.1, 0.15) is 58.8 Å². The molecule has 3 unspecified atom stereocenters. The number of hydrogen-bond donors (Lipinski definition) is 1. The summed E-state index contributed by atoms with van der Waals surface area (Å²) in [6, 6.07) is 0.807. The number of likely N-dealkylation sites (tertiary alicyclic amines) is 2. The van der Waals surface area contributed by atoms with E-state index < -0.39 is 0 Å². The Balaban J connectivity index is 1.65. The van der Waals surface area contributed by atoms with Crippen LogP contribution in [0.4, 0.5) is 0 Å². The molecule has 0 aromatic rings. The van der Waals surface area contributed by atoms with E-state index in [1.807, 2.05) is 0 Å². The third-order valence-electron chi connectivity index (χ3n) is 6.38. The van der Waals surface area contributed by atoms with Crippen LogP contribution in [-0.4, -0.2) is 54.1 Å². The smallest absolute Gasteiger partial charge is 0.0337 e. The molecule has 0 radical (unpaired) electrons. The molecule has 1 saturated carbocycles. The van der Waals surface area contributed by atoms with Crippen LogP contribution in [0.3, 0.4) is 0 Å². The van der Waals surface area contributed by atoms with Gasteiger partial charge >= 0.3 is 0 Å². The van der Waals surface area contributed by atoms with Crippen LogP contribution in [0, 0.1) is 11.8 Å². The standard InChI is InChI=1S/C18H35N3/c1-15-10-16(2)12-18(11-15,14-19)21-9-6-17(13-21)20-7-4-3-5-8-20/h15-17H,3-14,19H2,1-2H3. The zero-order valence-corrected chi connectivity index (χ0v) is 14.2. The summed E-state index contributed by atoms with van der Waals surface area (Å²) in [5.74, 6) is 1.68. The highest BCUT2D eigenvalue weighted by Gasteiger charge is 2.44. The summed E-state index contributed by atoms with van der Waals surface area (Å²) in [4.78, 5) is 5.56. The average molecular weight is 293 g/mol. The highest BCUT2D eigenvalue weighted by molar-refractivity contribution is 5.01. The van der Waals surface area contributed by atoms with Crippen molar-refractivity contribution in [1.82, 2.24) is 9.80 Å². The molecule has 2 N–H and O–H groups in total. The molecule has 21 heavy (non-hydrogen) atoms. The van der Waals surface area contributed by atoms with Crippen molar-refractivity contribution < 1.29 is 0 Å². The van der Waals surface area contributed by atoms with Crippen molar-refractivity contribution in [2.45, 2.75) is 70.4 Å². The molecule has 2 heterocycles. The number of nitrogens with zero attached hydrogens (tertiary/aromatic N) is 2. The van der Waals surface area contributed by atoms with E-state index in [-0.39, 0.29) is 0 Å². The van der Waals surface area contributed by atoms with Crippen LogP contribution >= 0.6 is 0 Å². The Bertz CT molecular complexity index is 327. The van der Waals surface area contributed by atoms with Crippen molar-refractivity contribution in [3.63, 3.8) is 0 Å². The normalized spacial score (nSPS) is 43.3. The number of hydrogen-bond acceptors (Lipinski definition) is 3. The molecule has 3 aliphatic rings. The van der Waals surface area contributed by atoms with Gasteiger partial charge in [0.25, 0.3) is 0 Å². The van der Waals surface area contributed by atoms with E-state index >= 15 is 0 Å². The maximum Gasteiger partial charge on any atom is 0.0337 e. The van der Waals surface area contributed by atoms with Crippen LogP contribution in [0.15, 0.2) is 0 Å². The number of nitrogens with two attached hydrogens (primary N) is 1. The van der Waals surface area contributed by atoms with E-state index in [1.54, 1.807) is 0 Å². The molecule has 0 aromatic carbocycles. The highest BCUT2D eigenvalue weighted by atomic mass is 15.3. The molecule has 2 saturated heterocycles. The molecule has 3 nitrogen and oxygen atoms in total. The molecular formula is C18H35N3. The van der Waals surface area contributed by atoms with Gasteiger partial charge < -0.3 is 5.73 Å². The molecule has 3 rings (SSSR count). The van der Waals surface area contributed by atoms with Crippen molar-refractivity contribution in [3.8, 4) is 0 Å². The van der Waals surface area contributed by atoms with Gasteiger partial charge in [-0.3, -0.25) is 9.80 Å². The van der Waals surface area contributed by atoms with Crippen LogP contribution in [0.2, 0.25) is 0 Å². The minimum atomic E-state index is 0.307. The minimum Gasteiger partial charge on any atom is -0.329 e. The van der Waals surface area contributed by atoms with E-state index in [9.17, 15) is 0 Å². The molecule has 0 bridgehead atoms. The lowest BCUT2D eigenvalue weighted by atomic mass is 9.71. The minimum absolute atomic E-state index is 0.307. The van der Waals surface area contributed by atoms with E-state index in [0.717, 1.165) is 24.4 Å². The van der Waals surface area contributed by atoms with Crippen LogP contribution in [-0.2, 0) is 0 Å². The monoisotopic (exact) mass is 293 g/mol. The highest BCUT2D eigenvalue weighted by Crippen LogP contribution is 2.41. The SMILES string of the molecule is CC1CC(C)CC(CN)(N2CCC(N3CCCCC3)C2)C1. The molecule has 0 aromatic heterocycles. The topological polar surface area (TPSA) is 32.5 Å². The first kappa shape index (κ1) is 15.8. The largest absolute Gasteiger partial charge is 0.329 e. The molecule has 0 spiro atoms. The maximum absolute atomic E-state index is 6.31. The van der Waals surface area contributed by atoms with Crippen molar-refractivity contribution in [3.05, 3.63) is 0 Å². The van der Waals surface area contributed by atoms with E-state index in [0.29, 0.717) is 5.54 Å². The number of piperidine rings is 1. The second-order valence-electron chi connectivity index (χ2n) is 8.27. The Labute approximate surface area is 131 Å². The Morgan fingerprint density at radius 2 is 1.67 bits per heavy atom. The lowest BCUT2D eigenvalue weighted by Gasteiger charge is -2.48. The summed E-state index contributed by atoms with van der Waals surface area (Å²) in [5.41, 5.74) is 6.62. The molecular weight excluding hydrogens is 258 g/mol. The van der Waals surface area contributed by atoms with Crippen molar-refractivity contribution in [2.24, 2.45) is 17.6 Å². The van der Waals surface area contributed by atoms with Crippen LogP contribution < -0.4 is 5.73 Å².